The third-order valence-electron chi connectivity index (χ3n) is 5.64. The van der Waals surface area contributed by atoms with Crippen molar-refractivity contribution < 1.29 is 14.3 Å². The van der Waals surface area contributed by atoms with Gasteiger partial charge in [-0.15, -0.1) is 6.42 Å². The van der Waals surface area contributed by atoms with Crippen LogP contribution in [0.4, 0.5) is 0 Å². The lowest BCUT2D eigenvalue weighted by atomic mass is 10.0. The van der Waals surface area contributed by atoms with Crippen molar-refractivity contribution in [3.8, 4) is 12.3 Å². The number of aryl methyl sites for hydroxylation is 1. The fourth-order valence-electron chi connectivity index (χ4n) is 4.00. The van der Waals surface area contributed by atoms with Crippen LogP contribution in [0.3, 0.4) is 0 Å². The molecule has 1 aromatic carbocycles. The molecule has 1 unspecified atom stereocenters. The molecule has 0 fully saturated rings. The molecule has 2 heterocycles. The standard InChI is InChI=1S/C25H29NO3/c1-4-7-8-9-16-29-25(28)21-14-15-26-22(21)17-19(6-3)23(26)24(27)20-12-10-18(5-2)11-13-20/h2,10-13,17,21H,4,6-9,14-16H2,1,3H3. The molecule has 0 saturated heterocycles. The van der Waals surface area contributed by atoms with Gasteiger partial charge >= 0.3 is 5.97 Å². The largest absolute Gasteiger partial charge is 0.465 e. The number of ether oxygens (including phenoxy) is 1. The average molecular weight is 392 g/mol. The minimum Gasteiger partial charge on any atom is -0.465 e. The summed E-state index contributed by atoms with van der Waals surface area (Å²) in [6, 6.07) is 9.12. The van der Waals surface area contributed by atoms with E-state index in [2.05, 4.69) is 12.8 Å². The summed E-state index contributed by atoms with van der Waals surface area (Å²) in [6.45, 7) is 5.33. The Kier molecular flexibility index (Phi) is 6.93. The van der Waals surface area contributed by atoms with Crippen LogP contribution in [-0.4, -0.2) is 22.9 Å². The number of terminal acetylenes is 1. The number of rotatable bonds is 9. The maximum Gasteiger partial charge on any atom is 0.315 e. The van der Waals surface area contributed by atoms with E-state index in [4.69, 9.17) is 11.2 Å². The molecule has 4 nitrogen and oxygen atoms in total. The lowest BCUT2D eigenvalue weighted by molar-refractivity contribution is -0.145. The van der Waals surface area contributed by atoms with E-state index in [1.54, 1.807) is 24.3 Å². The number of ketones is 1. The highest BCUT2D eigenvalue weighted by molar-refractivity contribution is 6.09. The first-order valence-corrected chi connectivity index (χ1v) is 10.6. The zero-order chi connectivity index (χ0) is 20.8. The zero-order valence-electron chi connectivity index (χ0n) is 17.4. The van der Waals surface area contributed by atoms with Gasteiger partial charge in [0.05, 0.1) is 18.2 Å². The predicted molar refractivity (Wildman–Crippen MR) is 114 cm³/mol. The van der Waals surface area contributed by atoms with E-state index in [1.165, 1.54) is 0 Å². The SMILES string of the molecule is C#Cc1ccc(C(=O)c2c(CC)cc3n2CCC3C(=O)OCCCCCC)cc1. The Morgan fingerprint density at radius 3 is 2.59 bits per heavy atom. The topological polar surface area (TPSA) is 48.3 Å². The minimum atomic E-state index is -0.281. The van der Waals surface area contributed by atoms with E-state index < -0.39 is 0 Å². The lowest BCUT2D eigenvalue weighted by Crippen LogP contribution is -2.14. The van der Waals surface area contributed by atoms with Crippen molar-refractivity contribution >= 4 is 11.8 Å². The molecule has 0 bridgehead atoms. The van der Waals surface area contributed by atoms with Gasteiger partial charge < -0.3 is 9.30 Å². The molecular weight excluding hydrogens is 362 g/mol. The van der Waals surface area contributed by atoms with Crippen LogP contribution >= 0.6 is 0 Å². The number of carbonyl (C=O) groups excluding carboxylic acids is 2. The highest BCUT2D eigenvalue weighted by atomic mass is 16.5. The van der Waals surface area contributed by atoms with Gasteiger partial charge in [0.1, 0.15) is 0 Å². The second kappa shape index (κ2) is 9.60. The summed E-state index contributed by atoms with van der Waals surface area (Å²) in [6.07, 6.45) is 11.1. The first-order valence-electron chi connectivity index (χ1n) is 10.6. The summed E-state index contributed by atoms with van der Waals surface area (Å²) in [5.74, 6) is 2.10. The van der Waals surface area contributed by atoms with Crippen LogP contribution in [0.1, 0.15) is 84.7 Å². The number of unbranched alkanes of at least 4 members (excludes halogenated alkanes) is 3. The molecular formula is C25H29NO3. The third-order valence-corrected chi connectivity index (χ3v) is 5.64. The summed E-state index contributed by atoms with van der Waals surface area (Å²) >= 11 is 0. The number of esters is 1. The third kappa shape index (κ3) is 4.45. The molecule has 0 amide bonds. The van der Waals surface area contributed by atoms with Gasteiger partial charge in [-0.3, -0.25) is 9.59 Å². The Morgan fingerprint density at radius 1 is 1.17 bits per heavy atom. The molecule has 0 spiro atoms. The molecule has 0 aliphatic carbocycles. The van der Waals surface area contributed by atoms with Crippen molar-refractivity contribution in [2.75, 3.05) is 6.61 Å². The Morgan fingerprint density at radius 2 is 1.93 bits per heavy atom. The molecule has 0 N–H and O–H groups in total. The maximum atomic E-state index is 13.2. The van der Waals surface area contributed by atoms with Gasteiger partial charge in [-0.25, -0.2) is 0 Å². The van der Waals surface area contributed by atoms with Crippen LogP contribution in [0, 0.1) is 12.3 Å². The summed E-state index contributed by atoms with van der Waals surface area (Å²) in [7, 11) is 0. The highest BCUT2D eigenvalue weighted by Crippen LogP contribution is 2.35. The van der Waals surface area contributed by atoms with Gasteiger partial charge in [0.15, 0.2) is 0 Å². The van der Waals surface area contributed by atoms with Crippen molar-refractivity contribution in [3.05, 3.63) is 58.4 Å². The van der Waals surface area contributed by atoms with Crippen LogP contribution in [0.5, 0.6) is 0 Å². The van der Waals surface area contributed by atoms with E-state index in [0.29, 0.717) is 30.8 Å². The molecule has 29 heavy (non-hydrogen) atoms. The molecule has 3 rings (SSSR count). The van der Waals surface area contributed by atoms with Crippen molar-refractivity contribution in [3.63, 3.8) is 0 Å². The Balaban J connectivity index is 1.78. The summed E-state index contributed by atoms with van der Waals surface area (Å²) < 4.78 is 7.54. The molecule has 152 valence electrons. The van der Waals surface area contributed by atoms with Crippen molar-refractivity contribution in [2.45, 2.75) is 64.8 Å². The summed E-state index contributed by atoms with van der Waals surface area (Å²) in [5.41, 5.74) is 3.94. The quantitative estimate of drug-likeness (QED) is 0.265. The smallest absolute Gasteiger partial charge is 0.315 e. The van der Waals surface area contributed by atoms with Crippen molar-refractivity contribution in [1.29, 1.82) is 0 Å². The number of fused-ring (bicyclic) bond motifs is 1. The van der Waals surface area contributed by atoms with Gasteiger partial charge in [0.25, 0.3) is 0 Å². The number of hydrogen-bond acceptors (Lipinski definition) is 3. The van der Waals surface area contributed by atoms with E-state index in [9.17, 15) is 9.59 Å². The van der Waals surface area contributed by atoms with Crippen LogP contribution in [0.2, 0.25) is 0 Å². The number of aromatic nitrogens is 1. The highest BCUT2D eigenvalue weighted by Gasteiger charge is 2.34. The minimum absolute atomic E-state index is 0.0229. The normalized spacial score (nSPS) is 15.0. The molecule has 0 radical (unpaired) electrons. The molecule has 1 atom stereocenters. The van der Waals surface area contributed by atoms with Crippen molar-refractivity contribution in [2.24, 2.45) is 0 Å². The second-order valence-corrected chi connectivity index (χ2v) is 7.57. The van der Waals surface area contributed by atoms with Gasteiger partial charge in [-0.05, 0) is 55.2 Å². The van der Waals surface area contributed by atoms with Crippen LogP contribution < -0.4 is 0 Å². The molecule has 4 heteroatoms. The molecule has 1 aromatic heterocycles. The van der Waals surface area contributed by atoms with Crippen LogP contribution in [0.15, 0.2) is 30.3 Å². The van der Waals surface area contributed by atoms with Crippen LogP contribution in [0.25, 0.3) is 0 Å². The zero-order valence-corrected chi connectivity index (χ0v) is 17.4. The van der Waals surface area contributed by atoms with E-state index in [0.717, 1.165) is 48.9 Å². The number of benzene rings is 1. The van der Waals surface area contributed by atoms with Crippen LogP contribution in [-0.2, 0) is 22.5 Å². The Labute approximate surface area is 173 Å². The number of carbonyl (C=O) groups is 2. The average Bonchev–Trinajstić information content (AvgIpc) is 3.31. The monoisotopic (exact) mass is 391 g/mol. The van der Waals surface area contributed by atoms with Gasteiger partial charge in [-0.2, -0.15) is 0 Å². The molecule has 1 aliphatic heterocycles. The second-order valence-electron chi connectivity index (χ2n) is 7.57. The maximum absolute atomic E-state index is 13.2. The van der Waals surface area contributed by atoms with Gasteiger partial charge in [0.2, 0.25) is 5.78 Å². The summed E-state index contributed by atoms with van der Waals surface area (Å²) in [4.78, 5) is 25.8. The van der Waals surface area contributed by atoms with Gasteiger partial charge in [0, 0.05) is 23.4 Å². The van der Waals surface area contributed by atoms with E-state index in [1.807, 2.05) is 17.6 Å². The Hall–Kier alpha value is -2.80. The first kappa shape index (κ1) is 20.9. The van der Waals surface area contributed by atoms with E-state index in [-0.39, 0.29) is 17.7 Å². The fraction of sp³-hybridized carbons (Fsp3) is 0.440. The van der Waals surface area contributed by atoms with Gasteiger partial charge in [-0.1, -0.05) is 39.0 Å². The number of hydrogen-bond donors (Lipinski definition) is 0. The summed E-state index contributed by atoms with van der Waals surface area (Å²) in [5, 5.41) is 0. The number of nitrogens with zero attached hydrogens (tertiary/aromatic N) is 1. The van der Waals surface area contributed by atoms with Crippen molar-refractivity contribution in [1.82, 2.24) is 4.57 Å². The Bertz CT molecular complexity index is 915. The first-order chi connectivity index (χ1) is 14.1. The van der Waals surface area contributed by atoms with E-state index >= 15 is 0 Å². The molecule has 2 aromatic rings. The predicted octanol–water partition coefficient (Wildman–Crippen LogP) is 4.87. The molecule has 1 aliphatic rings. The molecule has 0 saturated carbocycles. The fourth-order valence-corrected chi connectivity index (χ4v) is 4.00. The lowest BCUT2D eigenvalue weighted by Gasteiger charge is -2.10.